The summed E-state index contributed by atoms with van der Waals surface area (Å²) in [4.78, 5) is 0.228. The summed E-state index contributed by atoms with van der Waals surface area (Å²) in [5.41, 5.74) is 0.484. The Bertz CT molecular complexity index is 575. The SMILES string of the molecule is CCC(O)c1cccc(S(=O)(=O)N(C)C(C)C(C)(C)C)c1. The van der Waals surface area contributed by atoms with Gasteiger partial charge >= 0.3 is 0 Å². The summed E-state index contributed by atoms with van der Waals surface area (Å²) in [6.45, 7) is 9.81. The predicted molar refractivity (Wildman–Crippen MR) is 85.6 cm³/mol. The summed E-state index contributed by atoms with van der Waals surface area (Å²) < 4.78 is 26.9. The van der Waals surface area contributed by atoms with Crippen molar-refractivity contribution in [2.75, 3.05) is 7.05 Å². The van der Waals surface area contributed by atoms with E-state index in [2.05, 4.69) is 0 Å². The van der Waals surface area contributed by atoms with E-state index in [4.69, 9.17) is 0 Å². The van der Waals surface area contributed by atoms with Gasteiger partial charge in [0.05, 0.1) is 11.0 Å². The fraction of sp³-hybridized carbons (Fsp3) is 0.625. The average Bonchev–Trinajstić information content (AvgIpc) is 2.43. The van der Waals surface area contributed by atoms with E-state index in [9.17, 15) is 13.5 Å². The lowest BCUT2D eigenvalue weighted by Crippen LogP contribution is -2.42. The minimum absolute atomic E-state index is 0.137. The maximum atomic E-state index is 12.7. The molecule has 0 aliphatic heterocycles. The Morgan fingerprint density at radius 1 is 1.29 bits per heavy atom. The van der Waals surface area contributed by atoms with Crippen LogP contribution >= 0.6 is 0 Å². The fourth-order valence-corrected chi connectivity index (χ4v) is 3.64. The number of sulfonamides is 1. The van der Waals surface area contributed by atoms with Gasteiger partial charge in [0.15, 0.2) is 0 Å². The molecule has 0 amide bonds. The summed E-state index contributed by atoms with van der Waals surface area (Å²) >= 11 is 0. The molecule has 0 spiro atoms. The molecule has 0 radical (unpaired) electrons. The molecule has 5 heteroatoms. The number of nitrogens with zero attached hydrogens (tertiary/aromatic N) is 1. The summed E-state index contributed by atoms with van der Waals surface area (Å²) in [6, 6.07) is 6.43. The van der Waals surface area contributed by atoms with E-state index < -0.39 is 16.1 Å². The molecular weight excluding hydrogens is 286 g/mol. The van der Waals surface area contributed by atoms with Gasteiger partial charge in [0.1, 0.15) is 0 Å². The lowest BCUT2D eigenvalue weighted by Gasteiger charge is -2.34. The van der Waals surface area contributed by atoms with Crippen molar-refractivity contribution < 1.29 is 13.5 Å². The van der Waals surface area contributed by atoms with E-state index in [1.54, 1.807) is 31.3 Å². The summed E-state index contributed by atoms with van der Waals surface area (Å²) in [7, 11) is -1.96. The van der Waals surface area contributed by atoms with Crippen molar-refractivity contribution in [3.8, 4) is 0 Å². The van der Waals surface area contributed by atoms with Crippen LogP contribution in [-0.4, -0.2) is 30.9 Å². The molecule has 0 bridgehead atoms. The van der Waals surface area contributed by atoms with Gasteiger partial charge in [-0.25, -0.2) is 8.42 Å². The highest BCUT2D eigenvalue weighted by molar-refractivity contribution is 7.89. The molecule has 0 saturated heterocycles. The number of hydrogen-bond acceptors (Lipinski definition) is 3. The maximum absolute atomic E-state index is 12.7. The molecule has 2 atom stereocenters. The first-order valence-corrected chi connectivity index (χ1v) is 8.72. The first kappa shape index (κ1) is 18.1. The normalized spacial score (nSPS) is 16.0. The van der Waals surface area contributed by atoms with Gasteiger partial charge in [0.2, 0.25) is 10.0 Å². The molecule has 0 aliphatic carbocycles. The zero-order valence-corrected chi connectivity index (χ0v) is 14.6. The molecule has 0 aliphatic rings. The van der Waals surface area contributed by atoms with Crippen LogP contribution in [0.4, 0.5) is 0 Å². The van der Waals surface area contributed by atoms with Crippen molar-refractivity contribution in [1.82, 2.24) is 4.31 Å². The second-order valence-electron chi connectivity index (χ2n) is 6.56. The predicted octanol–water partition coefficient (Wildman–Crippen LogP) is 3.19. The molecule has 4 nitrogen and oxygen atoms in total. The van der Waals surface area contributed by atoms with Gasteiger partial charge in [-0.3, -0.25) is 0 Å². The first-order valence-electron chi connectivity index (χ1n) is 7.28. The molecule has 1 aromatic carbocycles. The smallest absolute Gasteiger partial charge is 0.243 e. The summed E-state index contributed by atoms with van der Waals surface area (Å²) in [5.74, 6) is 0. The molecule has 1 N–H and O–H groups in total. The van der Waals surface area contributed by atoms with Gasteiger partial charge in [-0.1, -0.05) is 39.8 Å². The average molecular weight is 313 g/mol. The Kier molecular flexibility index (Phi) is 5.58. The van der Waals surface area contributed by atoms with Crippen LogP contribution in [0.15, 0.2) is 29.2 Å². The Morgan fingerprint density at radius 2 is 1.86 bits per heavy atom. The van der Waals surface area contributed by atoms with E-state index in [-0.39, 0.29) is 16.4 Å². The molecule has 1 rings (SSSR count). The fourth-order valence-electron chi connectivity index (χ4n) is 2.04. The van der Waals surface area contributed by atoms with Crippen LogP contribution in [0.2, 0.25) is 0 Å². The van der Waals surface area contributed by atoms with E-state index in [1.165, 1.54) is 4.31 Å². The third-order valence-electron chi connectivity index (χ3n) is 4.11. The van der Waals surface area contributed by atoms with Crippen molar-refractivity contribution in [2.24, 2.45) is 5.41 Å². The van der Waals surface area contributed by atoms with E-state index in [1.807, 2.05) is 34.6 Å². The standard InChI is InChI=1S/C16H27NO3S/c1-7-15(18)13-9-8-10-14(11-13)21(19,20)17(6)12(2)16(3,4)5/h8-12,15,18H,7H2,1-6H3. The highest BCUT2D eigenvalue weighted by atomic mass is 32.2. The Labute approximate surface area is 128 Å². The van der Waals surface area contributed by atoms with Gasteiger partial charge in [0.25, 0.3) is 0 Å². The van der Waals surface area contributed by atoms with Gasteiger partial charge in [-0.2, -0.15) is 4.31 Å². The highest BCUT2D eigenvalue weighted by Gasteiger charge is 2.32. The van der Waals surface area contributed by atoms with Crippen LogP contribution in [0.5, 0.6) is 0 Å². The van der Waals surface area contributed by atoms with Crippen molar-refractivity contribution in [3.05, 3.63) is 29.8 Å². The second-order valence-corrected chi connectivity index (χ2v) is 8.56. The van der Waals surface area contributed by atoms with Crippen LogP contribution < -0.4 is 0 Å². The van der Waals surface area contributed by atoms with Gasteiger partial charge in [-0.05, 0) is 36.5 Å². The molecule has 1 aromatic rings. The van der Waals surface area contributed by atoms with Crippen molar-refractivity contribution in [2.45, 2.75) is 58.1 Å². The number of benzene rings is 1. The number of hydrogen-bond donors (Lipinski definition) is 1. The highest BCUT2D eigenvalue weighted by Crippen LogP contribution is 2.28. The summed E-state index contributed by atoms with van der Waals surface area (Å²) in [5, 5.41) is 9.89. The topological polar surface area (TPSA) is 57.6 Å². The van der Waals surface area contributed by atoms with Gasteiger partial charge in [-0.15, -0.1) is 0 Å². The second kappa shape index (κ2) is 6.46. The van der Waals surface area contributed by atoms with E-state index >= 15 is 0 Å². The van der Waals surface area contributed by atoms with Crippen LogP contribution in [-0.2, 0) is 10.0 Å². The lowest BCUT2D eigenvalue weighted by atomic mass is 9.88. The quantitative estimate of drug-likeness (QED) is 0.908. The van der Waals surface area contributed by atoms with Crippen LogP contribution in [0.1, 0.15) is 52.7 Å². The third-order valence-corrected chi connectivity index (χ3v) is 6.03. The maximum Gasteiger partial charge on any atom is 0.243 e. The van der Waals surface area contributed by atoms with Gasteiger partial charge < -0.3 is 5.11 Å². The molecular formula is C16H27NO3S. The number of aliphatic hydroxyl groups excluding tert-OH is 1. The van der Waals surface area contributed by atoms with Crippen molar-refractivity contribution >= 4 is 10.0 Å². The van der Waals surface area contributed by atoms with Crippen LogP contribution in [0, 0.1) is 5.41 Å². The van der Waals surface area contributed by atoms with Gasteiger partial charge in [0, 0.05) is 13.1 Å². The summed E-state index contributed by atoms with van der Waals surface area (Å²) in [6.07, 6.45) is -0.0805. The molecule has 2 unspecified atom stereocenters. The largest absolute Gasteiger partial charge is 0.388 e. The zero-order chi connectivity index (χ0) is 16.4. The molecule has 120 valence electrons. The number of rotatable bonds is 5. The Hall–Kier alpha value is -0.910. The van der Waals surface area contributed by atoms with Crippen LogP contribution in [0.3, 0.4) is 0 Å². The Morgan fingerprint density at radius 3 is 2.33 bits per heavy atom. The molecule has 0 aromatic heterocycles. The lowest BCUT2D eigenvalue weighted by molar-refractivity contribution is 0.173. The van der Waals surface area contributed by atoms with Crippen molar-refractivity contribution in [1.29, 1.82) is 0 Å². The molecule has 21 heavy (non-hydrogen) atoms. The van der Waals surface area contributed by atoms with Crippen LogP contribution in [0.25, 0.3) is 0 Å². The minimum Gasteiger partial charge on any atom is -0.388 e. The Balaban J connectivity index is 3.19. The molecule has 0 saturated carbocycles. The van der Waals surface area contributed by atoms with Crippen molar-refractivity contribution in [3.63, 3.8) is 0 Å². The monoisotopic (exact) mass is 313 g/mol. The first-order chi connectivity index (χ1) is 9.51. The minimum atomic E-state index is -3.56. The van der Waals surface area contributed by atoms with E-state index in [0.29, 0.717) is 12.0 Å². The zero-order valence-electron chi connectivity index (χ0n) is 13.8. The number of aliphatic hydroxyl groups is 1. The van der Waals surface area contributed by atoms with E-state index in [0.717, 1.165) is 0 Å². The molecule has 0 heterocycles. The molecule has 0 fully saturated rings. The third kappa shape index (κ3) is 4.05.